The van der Waals surface area contributed by atoms with Crippen LogP contribution in [0.5, 0.6) is 0 Å². The van der Waals surface area contributed by atoms with Crippen LogP contribution in [0.1, 0.15) is 54.2 Å². The van der Waals surface area contributed by atoms with Crippen LogP contribution in [0.4, 0.5) is 0 Å². The summed E-state index contributed by atoms with van der Waals surface area (Å²) in [6.07, 6.45) is 4.06. The molecule has 2 atom stereocenters. The highest BCUT2D eigenvalue weighted by atomic mass is 16.4. The van der Waals surface area contributed by atoms with Crippen molar-refractivity contribution >= 4 is 11.9 Å². The zero-order valence-electron chi connectivity index (χ0n) is 13.9. The van der Waals surface area contributed by atoms with Crippen LogP contribution in [-0.2, 0) is 4.79 Å². The van der Waals surface area contributed by atoms with Gasteiger partial charge in [-0.25, -0.2) is 4.68 Å². The van der Waals surface area contributed by atoms with Gasteiger partial charge < -0.3 is 10.4 Å². The molecule has 0 radical (unpaired) electrons. The first kappa shape index (κ1) is 15.9. The number of aromatic nitrogens is 2. The summed E-state index contributed by atoms with van der Waals surface area (Å²) in [5, 5.41) is 16.8. The molecule has 1 aromatic heterocycles. The highest BCUT2D eigenvalue weighted by molar-refractivity contribution is 5.93. The molecule has 0 unspecified atom stereocenters. The van der Waals surface area contributed by atoms with Crippen molar-refractivity contribution in [3.8, 4) is 5.69 Å². The number of benzene rings is 1. The van der Waals surface area contributed by atoms with Crippen molar-refractivity contribution in [1.82, 2.24) is 15.1 Å². The maximum atomic E-state index is 12.8. The monoisotopic (exact) mass is 339 g/mol. The van der Waals surface area contributed by atoms with Gasteiger partial charge in [0.05, 0.1) is 17.3 Å². The third-order valence-corrected chi connectivity index (χ3v) is 5.07. The third-order valence-electron chi connectivity index (χ3n) is 5.07. The Morgan fingerprint density at radius 1 is 1.12 bits per heavy atom. The molecular formula is C19H21N3O3. The fourth-order valence-electron chi connectivity index (χ4n) is 3.50. The Labute approximate surface area is 145 Å². The summed E-state index contributed by atoms with van der Waals surface area (Å²) in [5.74, 6) is -0.855. The van der Waals surface area contributed by atoms with Gasteiger partial charge in [0.2, 0.25) is 0 Å². The number of hydrogen-bond acceptors (Lipinski definition) is 3. The van der Waals surface area contributed by atoms with Crippen molar-refractivity contribution in [2.45, 2.75) is 44.1 Å². The fraction of sp³-hybridized carbons (Fsp3) is 0.421. The molecule has 2 aromatic rings. The van der Waals surface area contributed by atoms with E-state index < -0.39 is 5.97 Å². The van der Waals surface area contributed by atoms with E-state index in [4.69, 9.17) is 5.11 Å². The number of para-hydroxylation sites is 1. The van der Waals surface area contributed by atoms with Crippen LogP contribution < -0.4 is 5.32 Å². The number of carboxylic acids is 1. The fourth-order valence-corrected chi connectivity index (χ4v) is 3.50. The molecule has 2 saturated carbocycles. The van der Waals surface area contributed by atoms with Crippen LogP contribution in [0, 0.1) is 5.92 Å². The Kier molecular flexibility index (Phi) is 4.03. The van der Waals surface area contributed by atoms with Crippen molar-refractivity contribution in [1.29, 1.82) is 0 Å². The van der Waals surface area contributed by atoms with E-state index in [1.807, 2.05) is 36.4 Å². The topological polar surface area (TPSA) is 84.2 Å². The van der Waals surface area contributed by atoms with E-state index in [9.17, 15) is 9.59 Å². The molecule has 4 rings (SSSR count). The smallest absolute Gasteiger partial charge is 0.306 e. The Morgan fingerprint density at radius 3 is 2.52 bits per heavy atom. The lowest BCUT2D eigenvalue weighted by molar-refractivity contribution is -0.141. The molecule has 0 saturated heterocycles. The van der Waals surface area contributed by atoms with Gasteiger partial charge in [-0.3, -0.25) is 9.59 Å². The van der Waals surface area contributed by atoms with Crippen LogP contribution in [0.2, 0.25) is 0 Å². The van der Waals surface area contributed by atoms with Gasteiger partial charge in [-0.2, -0.15) is 5.10 Å². The molecule has 1 aromatic carbocycles. The number of nitrogens with one attached hydrogen (secondary N) is 1. The number of amides is 1. The molecule has 1 heterocycles. The van der Waals surface area contributed by atoms with Gasteiger partial charge in [0, 0.05) is 12.0 Å². The normalized spacial score (nSPS) is 22.7. The lowest BCUT2D eigenvalue weighted by atomic mass is 10.1. The molecule has 6 heteroatoms. The number of carbonyl (C=O) groups excluding carboxylic acids is 1. The SMILES string of the molecule is O=C(N[C@@H]1CC[C@H](C(=O)O)C1)c1cc(C2CC2)nn1-c1ccccc1. The number of carboxylic acid groups (broad SMARTS) is 1. The lowest BCUT2D eigenvalue weighted by Crippen LogP contribution is -2.34. The van der Waals surface area contributed by atoms with Crippen LogP contribution >= 0.6 is 0 Å². The first-order chi connectivity index (χ1) is 12.1. The molecular weight excluding hydrogens is 318 g/mol. The molecule has 0 aliphatic heterocycles. The molecule has 0 bridgehead atoms. The number of nitrogens with zero attached hydrogens (tertiary/aromatic N) is 2. The summed E-state index contributed by atoms with van der Waals surface area (Å²) >= 11 is 0. The van der Waals surface area contributed by atoms with Crippen molar-refractivity contribution in [2.75, 3.05) is 0 Å². The highest BCUT2D eigenvalue weighted by Gasteiger charge is 2.33. The lowest BCUT2D eigenvalue weighted by Gasteiger charge is -2.13. The largest absolute Gasteiger partial charge is 0.481 e. The minimum Gasteiger partial charge on any atom is -0.481 e. The molecule has 130 valence electrons. The summed E-state index contributed by atoms with van der Waals surface area (Å²) in [6.45, 7) is 0. The summed E-state index contributed by atoms with van der Waals surface area (Å²) in [5.41, 5.74) is 2.34. The van der Waals surface area contributed by atoms with Crippen molar-refractivity contribution in [3.05, 3.63) is 47.8 Å². The van der Waals surface area contributed by atoms with Gasteiger partial charge in [-0.1, -0.05) is 18.2 Å². The minimum atomic E-state index is -0.776. The van der Waals surface area contributed by atoms with Gasteiger partial charge in [-0.15, -0.1) is 0 Å². The second-order valence-electron chi connectivity index (χ2n) is 6.99. The molecule has 0 spiro atoms. The first-order valence-corrected chi connectivity index (χ1v) is 8.81. The third kappa shape index (κ3) is 3.29. The number of carbonyl (C=O) groups is 2. The Bertz CT molecular complexity index is 796. The van der Waals surface area contributed by atoms with Crippen LogP contribution in [0.25, 0.3) is 5.69 Å². The Balaban J connectivity index is 1.56. The predicted molar refractivity (Wildman–Crippen MR) is 91.8 cm³/mol. The zero-order valence-corrected chi connectivity index (χ0v) is 13.9. The molecule has 2 fully saturated rings. The van der Waals surface area contributed by atoms with E-state index in [0.29, 0.717) is 30.9 Å². The van der Waals surface area contributed by atoms with E-state index in [0.717, 1.165) is 24.2 Å². The highest BCUT2D eigenvalue weighted by Crippen LogP contribution is 2.39. The molecule has 6 nitrogen and oxygen atoms in total. The molecule has 25 heavy (non-hydrogen) atoms. The number of aliphatic carboxylic acids is 1. The summed E-state index contributed by atoms with van der Waals surface area (Å²) in [4.78, 5) is 23.9. The average molecular weight is 339 g/mol. The van der Waals surface area contributed by atoms with Crippen molar-refractivity contribution in [3.63, 3.8) is 0 Å². The van der Waals surface area contributed by atoms with E-state index in [1.165, 1.54) is 0 Å². The minimum absolute atomic E-state index is 0.0860. The van der Waals surface area contributed by atoms with Crippen LogP contribution in [0.3, 0.4) is 0 Å². The van der Waals surface area contributed by atoms with E-state index in [1.54, 1.807) is 4.68 Å². The van der Waals surface area contributed by atoms with E-state index >= 15 is 0 Å². The van der Waals surface area contributed by atoms with Gasteiger partial charge in [0.15, 0.2) is 0 Å². The van der Waals surface area contributed by atoms with Crippen LogP contribution in [0.15, 0.2) is 36.4 Å². The van der Waals surface area contributed by atoms with E-state index in [2.05, 4.69) is 10.4 Å². The van der Waals surface area contributed by atoms with E-state index in [-0.39, 0.29) is 17.9 Å². The molecule has 1 amide bonds. The van der Waals surface area contributed by atoms with Crippen LogP contribution in [-0.4, -0.2) is 32.8 Å². The van der Waals surface area contributed by atoms with Gasteiger partial charge >= 0.3 is 5.97 Å². The second-order valence-corrected chi connectivity index (χ2v) is 6.99. The molecule has 2 aliphatic rings. The summed E-state index contributed by atoms with van der Waals surface area (Å²) < 4.78 is 1.70. The van der Waals surface area contributed by atoms with Gasteiger partial charge in [0.1, 0.15) is 5.69 Å². The number of hydrogen-bond donors (Lipinski definition) is 2. The number of rotatable bonds is 5. The van der Waals surface area contributed by atoms with Crippen molar-refractivity contribution < 1.29 is 14.7 Å². The van der Waals surface area contributed by atoms with Gasteiger partial charge in [-0.05, 0) is 50.3 Å². The van der Waals surface area contributed by atoms with Gasteiger partial charge in [0.25, 0.3) is 5.91 Å². The molecule has 2 N–H and O–H groups in total. The average Bonchev–Trinajstić information content (AvgIpc) is 3.19. The standard InChI is InChI=1S/C19H21N3O3/c23-18(20-14-9-8-13(10-14)19(24)25)17-11-16(12-6-7-12)21-22(17)15-4-2-1-3-5-15/h1-5,11-14H,6-10H2,(H,20,23)(H,24,25)/t13-,14+/m0/s1. The first-order valence-electron chi connectivity index (χ1n) is 8.81. The maximum absolute atomic E-state index is 12.8. The predicted octanol–water partition coefficient (Wildman–Crippen LogP) is 2.73. The summed E-state index contributed by atoms with van der Waals surface area (Å²) in [6, 6.07) is 11.4. The maximum Gasteiger partial charge on any atom is 0.306 e. The zero-order chi connectivity index (χ0) is 17.4. The quantitative estimate of drug-likeness (QED) is 0.877. The summed E-state index contributed by atoms with van der Waals surface area (Å²) in [7, 11) is 0. The Morgan fingerprint density at radius 2 is 1.88 bits per heavy atom. The second kappa shape index (κ2) is 6.35. The Hall–Kier alpha value is -2.63. The molecule has 2 aliphatic carbocycles. The van der Waals surface area contributed by atoms with Crippen molar-refractivity contribution in [2.24, 2.45) is 5.92 Å².